The molecule has 0 bridgehead atoms. The number of nitrogens with zero attached hydrogens (tertiary/aromatic N) is 3. The standard InChI is InChI=1S/C21H26F2N4O2S/c1-3-4-7-18-26-19-20(14(2)13-25-21(19)24)27(18)10-5-6-11-30(28,29)17-9-8-15(22)12-16(17)23/h8-9,12-13H,3-7,10-11H2,1-2H3,(H2,24,25). The molecule has 0 atom stereocenters. The van der Waals surface area contributed by atoms with E-state index >= 15 is 0 Å². The SMILES string of the molecule is CCCCc1nc2c(N)ncc(C)c2n1CCCCS(=O)(=O)c1ccc(F)cc1F. The number of sulfone groups is 1. The van der Waals surface area contributed by atoms with Crippen molar-refractivity contribution in [2.24, 2.45) is 0 Å². The third-order valence-electron chi connectivity index (χ3n) is 5.09. The second kappa shape index (κ2) is 9.07. The number of anilines is 1. The first-order valence-corrected chi connectivity index (χ1v) is 11.7. The lowest BCUT2D eigenvalue weighted by molar-refractivity contribution is 0.545. The summed E-state index contributed by atoms with van der Waals surface area (Å²) in [7, 11) is -3.83. The average molecular weight is 437 g/mol. The summed E-state index contributed by atoms with van der Waals surface area (Å²) in [6, 6.07) is 2.52. The van der Waals surface area contributed by atoms with Crippen LogP contribution in [0, 0.1) is 18.6 Å². The van der Waals surface area contributed by atoms with E-state index in [1.807, 2.05) is 6.92 Å². The molecule has 3 rings (SSSR count). The van der Waals surface area contributed by atoms with Crippen LogP contribution >= 0.6 is 0 Å². The van der Waals surface area contributed by atoms with Crippen LogP contribution in [-0.4, -0.2) is 28.7 Å². The molecule has 0 saturated heterocycles. The fourth-order valence-electron chi connectivity index (χ4n) is 3.53. The van der Waals surface area contributed by atoms with Gasteiger partial charge in [0.1, 0.15) is 27.9 Å². The fraction of sp³-hybridized carbons (Fsp3) is 0.429. The van der Waals surface area contributed by atoms with Crippen LogP contribution in [-0.2, 0) is 22.8 Å². The Kier molecular flexibility index (Phi) is 6.70. The van der Waals surface area contributed by atoms with Crippen molar-refractivity contribution in [1.29, 1.82) is 0 Å². The molecule has 162 valence electrons. The molecule has 1 aromatic carbocycles. The summed E-state index contributed by atoms with van der Waals surface area (Å²) in [5, 5.41) is 0. The number of rotatable bonds is 9. The number of hydrogen-bond donors (Lipinski definition) is 1. The zero-order chi connectivity index (χ0) is 21.9. The second-order valence-corrected chi connectivity index (χ2v) is 9.49. The van der Waals surface area contributed by atoms with Gasteiger partial charge in [-0.1, -0.05) is 13.3 Å². The van der Waals surface area contributed by atoms with Crippen LogP contribution in [0.5, 0.6) is 0 Å². The maximum Gasteiger partial charge on any atom is 0.181 e. The third kappa shape index (κ3) is 4.61. The number of pyridine rings is 1. The van der Waals surface area contributed by atoms with E-state index in [1.165, 1.54) is 0 Å². The first kappa shape index (κ1) is 22.1. The van der Waals surface area contributed by atoms with Gasteiger partial charge in [-0.05, 0) is 43.9 Å². The van der Waals surface area contributed by atoms with Crippen LogP contribution in [0.1, 0.15) is 44.0 Å². The summed E-state index contributed by atoms with van der Waals surface area (Å²) in [5.74, 6) is -0.795. The number of imidazole rings is 1. The number of nitrogen functional groups attached to an aromatic ring is 1. The highest BCUT2D eigenvalue weighted by molar-refractivity contribution is 7.91. The molecular weight excluding hydrogens is 410 g/mol. The van der Waals surface area contributed by atoms with Gasteiger partial charge in [-0.3, -0.25) is 0 Å². The molecule has 0 saturated carbocycles. The van der Waals surface area contributed by atoms with E-state index in [0.29, 0.717) is 36.8 Å². The predicted octanol–water partition coefficient (Wildman–Crippen LogP) is 4.20. The normalized spacial score (nSPS) is 12.0. The van der Waals surface area contributed by atoms with Crippen molar-refractivity contribution in [2.45, 2.75) is 57.4 Å². The second-order valence-electron chi connectivity index (χ2n) is 7.41. The summed E-state index contributed by atoms with van der Waals surface area (Å²) in [5.41, 5.74) is 8.55. The molecule has 9 heteroatoms. The first-order valence-electron chi connectivity index (χ1n) is 10.0. The Morgan fingerprint density at radius 1 is 1.17 bits per heavy atom. The molecular formula is C21H26F2N4O2S. The molecule has 0 radical (unpaired) electrons. The van der Waals surface area contributed by atoms with Crippen molar-refractivity contribution in [2.75, 3.05) is 11.5 Å². The Balaban J connectivity index is 1.76. The molecule has 0 amide bonds. The molecule has 2 aromatic heterocycles. The van der Waals surface area contributed by atoms with E-state index in [1.54, 1.807) is 6.20 Å². The molecule has 0 unspecified atom stereocenters. The van der Waals surface area contributed by atoms with E-state index in [9.17, 15) is 17.2 Å². The smallest absolute Gasteiger partial charge is 0.181 e. The number of aryl methyl sites for hydroxylation is 3. The Labute approximate surface area is 175 Å². The summed E-state index contributed by atoms with van der Waals surface area (Å²) >= 11 is 0. The zero-order valence-corrected chi connectivity index (χ0v) is 18.0. The quantitative estimate of drug-likeness (QED) is 0.401. The Morgan fingerprint density at radius 2 is 1.93 bits per heavy atom. The third-order valence-corrected chi connectivity index (χ3v) is 6.92. The topological polar surface area (TPSA) is 90.9 Å². The van der Waals surface area contributed by atoms with Crippen LogP contribution < -0.4 is 5.73 Å². The van der Waals surface area contributed by atoms with Crippen LogP contribution in [0.25, 0.3) is 11.0 Å². The largest absolute Gasteiger partial charge is 0.382 e. The number of fused-ring (bicyclic) bond motifs is 1. The van der Waals surface area contributed by atoms with Crippen molar-refractivity contribution in [3.63, 3.8) is 0 Å². The van der Waals surface area contributed by atoms with Crippen LogP contribution in [0.2, 0.25) is 0 Å². The Bertz CT molecular complexity index is 1160. The van der Waals surface area contributed by atoms with Gasteiger partial charge in [0.15, 0.2) is 15.7 Å². The Morgan fingerprint density at radius 3 is 2.63 bits per heavy atom. The highest BCUT2D eigenvalue weighted by Crippen LogP contribution is 2.25. The van der Waals surface area contributed by atoms with Crippen molar-refractivity contribution in [3.8, 4) is 0 Å². The molecule has 0 aliphatic rings. The van der Waals surface area contributed by atoms with E-state index in [-0.39, 0.29) is 5.75 Å². The van der Waals surface area contributed by atoms with E-state index < -0.39 is 26.4 Å². The molecule has 0 fully saturated rings. The lowest BCUT2D eigenvalue weighted by Crippen LogP contribution is -2.11. The van der Waals surface area contributed by atoms with Gasteiger partial charge in [0.2, 0.25) is 0 Å². The average Bonchev–Trinajstić information content (AvgIpc) is 3.06. The summed E-state index contributed by atoms with van der Waals surface area (Å²) in [6.45, 7) is 4.62. The van der Waals surface area contributed by atoms with E-state index in [4.69, 9.17) is 5.73 Å². The molecule has 0 spiro atoms. The van der Waals surface area contributed by atoms with Gasteiger partial charge in [0, 0.05) is 25.2 Å². The lowest BCUT2D eigenvalue weighted by atomic mass is 10.2. The molecule has 2 N–H and O–H groups in total. The van der Waals surface area contributed by atoms with Gasteiger partial charge in [-0.2, -0.15) is 0 Å². The number of benzene rings is 1. The van der Waals surface area contributed by atoms with Gasteiger partial charge >= 0.3 is 0 Å². The van der Waals surface area contributed by atoms with Crippen LogP contribution in [0.3, 0.4) is 0 Å². The van der Waals surface area contributed by atoms with Crippen molar-refractivity contribution >= 4 is 26.7 Å². The van der Waals surface area contributed by atoms with Gasteiger partial charge in [0.05, 0.1) is 11.3 Å². The first-order chi connectivity index (χ1) is 14.2. The minimum absolute atomic E-state index is 0.213. The fourth-order valence-corrected chi connectivity index (χ4v) is 4.97. The molecule has 6 nitrogen and oxygen atoms in total. The monoisotopic (exact) mass is 436 g/mol. The minimum Gasteiger partial charge on any atom is -0.382 e. The van der Waals surface area contributed by atoms with E-state index in [2.05, 4.69) is 21.5 Å². The molecule has 0 aliphatic carbocycles. The lowest BCUT2D eigenvalue weighted by Gasteiger charge is -2.11. The van der Waals surface area contributed by atoms with Gasteiger partial charge in [-0.15, -0.1) is 0 Å². The van der Waals surface area contributed by atoms with Gasteiger partial charge in [0.25, 0.3) is 0 Å². The number of unbranched alkanes of at least 4 members (excludes halogenated alkanes) is 2. The summed E-state index contributed by atoms with van der Waals surface area (Å²) < 4.78 is 53.9. The molecule has 2 heterocycles. The number of halogens is 2. The van der Waals surface area contributed by atoms with Crippen molar-refractivity contribution in [3.05, 3.63) is 47.4 Å². The minimum atomic E-state index is -3.83. The molecule has 0 aliphatic heterocycles. The molecule has 30 heavy (non-hydrogen) atoms. The van der Waals surface area contributed by atoms with Gasteiger partial charge in [-0.25, -0.2) is 27.2 Å². The van der Waals surface area contributed by atoms with Crippen molar-refractivity contribution in [1.82, 2.24) is 14.5 Å². The predicted molar refractivity (Wildman–Crippen MR) is 113 cm³/mol. The van der Waals surface area contributed by atoms with Crippen molar-refractivity contribution < 1.29 is 17.2 Å². The number of aromatic nitrogens is 3. The molecule has 3 aromatic rings. The Hall–Kier alpha value is -2.55. The van der Waals surface area contributed by atoms with Crippen LogP contribution in [0.4, 0.5) is 14.6 Å². The summed E-state index contributed by atoms with van der Waals surface area (Å²) in [6.07, 6.45) is 5.41. The summed E-state index contributed by atoms with van der Waals surface area (Å²) in [4.78, 5) is 8.39. The van der Waals surface area contributed by atoms with Crippen LogP contribution in [0.15, 0.2) is 29.3 Å². The highest BCUT2D eigenvalue weighted by atomic mass is 32.2. The van der Waals surface area contributed by atoms with Gasteiger partial charge < -0.3 is 10.3 Å². The maximum absolute atomic E-state index is 13.9. The van der Waals surface area contributed by atoms with E-state index in [0.717, 1.165) is 48.3 Å². The number of nitrogens with two attached hydrogens (primary N) is 1. The number of hydrogen-bond acceptors (Lipinski definition) is 5. The highest BCUT2D eigenvalue weighted by Gasteiger charge is 2.20. The maximum atomic E-state index is 13.9. The zero-order valence-electron chi connectivity index (χ0n) is 17.2.